The number of rotatable bonds is 5. The molecule has 1 aromatic rings. The normalized spacial score (nSPS) is 12.4. The maximum atomic E-state index is 9.10. The molecule has 0 spiro atoms. The largest absolute Gasteiger partial charge is 0.394 e. The third-order valence-electron chi connectivity index (χ3n) is 2.26. The summed E-state index contributed by atoms with van der Waals surface area (Å²) >= 11 is 0. The van der Waals surface area contributed by atoms with Crippen molar-refractivity contribution in [1.82, 2.24) is 20.1 Å². The molecule has 0 unspecified atom stereocenters. The zero-order valence-electron chi connectivity index (χ0n) is 9.86. The van der Waals surface area contributed by atoms with Crippen molar-refractivity contribution in [3.8, 4) is 0 Å². The molecule has 2 N–H and O–H groups in total. The highest BCUT2D eigenvalue weighted by molar-refractivity contribution is 4.88. The van der Waals surface area contributed by atoms with Crippen molar-refractivity contribution in [3.05, 3.63) is 12.2 Å². The lowest BCUT2D eigenvalue weighted by molar-refractivity contribution is 0.185. The number of nitrogens with one attached hydrogen (secondary N) is 1. The van der Waals surface area contributed by atoms with Gasteiger partial charge in [0.15, 0.2) is 0 Å². The van der Waals surface area contributed by atoms with Gasteiger partial charge in [0.2, 0.25) is 0 Å². The Kier molecular flexibility index (Phi) is 3.82. The Morgan fingerprint density at radius 1 is 1.53 bits per heavy atom. The number of hydrogen-bond acceptors (Lipinski definition) is 4. The number of aliphatic hydroxyl groups is 1. The molecule has 0 bridgehead atoms. The van der Waals surface area contributed by atoms with Crippen LogP contribution in [-0.4, -0.2) is 32.0 Å². The van der Waals surface area contributed by atoms with Crippen molar-refractivity contribution >= 4 is 0 Å². The number of aromatic nitrogens is 3. The van der Waals surface area contributed by atoms with Gasteiger partial charge in [0.1, 0.15) is 12.2 Å². The van der Waals surface area contributed by atoms with Gasteiger partial charge in [0.05, 0.1) is 13.2 Å². The molecule has 5 nitrogen and oxygen atoms in total. The van der Waals surface area contributed by atoms with Crippen molar-refractivity contribution in [1.29, 1.82) is 0 Å². The summed E-state index contributed by atoms with van der Waals surface area (Å²) in [5.74, 6) is 0.895. The average Bonchev–Trinajstić information content (AvgIpc) is 2.63. The van der Waals surface area contributed by atoms with Crippen LogP contribution in [0.15, 0.2) is 6.33 Å². The second kappa shape index (κ2) is 4.72. The molecular weight excluding hydrogens is 192 g/mol. The van der Waals surface area contributed by atoms with Gasteiger partial charge < -0.3 is 10.4 Å². The van der Waals surface area contributed by atoms with E-state index < -0.39 is 0 Å². The van der Waals surface area contributed by atoms with E-state index in [-0.39, 0.29) is 12.1 Å². The third-order valence-corrected chi connectivity index (χ3v) is 2.26. The van der Waals surface area contributed by atoms with E-state index in [9.17, 15) is 0 Å². The minimum absolute atomic E-state index is 0.100. The summed E-state index contributed by atoms with van der Waals surface area (Å²) in [6.45, 7) is 8.74. The summed E-state index contributed by atoms with van der Waals surface area (Å²) in [7, 11) is 0. The van der Waals surface area contributed by atoms with Crippen LogP contribution in [0.25, 0.3) is 0 Å². The highest BCUT2D eigenvalue weighted by Gasteiger charge is 2.17. The standard InChI is InChI=1S/C10H20N4O/c1-8(2)14-9(11-7-13-14)5-12-10(3,4)6-15/h7-8,12,15H,5-6H2,1-4H3. The second-order valence-electron chi connectivity index (χ2n) is 4.61. The van der Waals surface area contributed by atoms with Gasteiger partial charge in [-0.05, 0) is 27.7 Å². The van der Waals surface area contributed by atoms with Crippen molar-refractivity contribution < 1.29 is 5.11 Å². The van der Waals surface area contributed by atoms with Gasteiger partial charge in [0.25, 0.3) is 0 Å². The molecule has 0 saturated carbocycles. The molecule has 5 heteroatoms. The van der Waals surface area contributed by atoms with Gasteiger partial charge in [0, 0.05) is 11.6 Å². The lowest BCUT2D eigenvalue weighted by Crippen LogP contribution is -2.42. The fourth-order valence-electron chi connectivity index (χ4n) is 1.21. The third kappa shape index (κ3) is 3.28. The van der Waals surface area contributed by atoms with Gasteiger partial charge in [-0.3, -0.25) is 0 Å². The minimum Gasteiger partial charge on any atom is -0.394 e. The smallest absolute Gasteiger partial charge is 0.141 e. The summed E-state index contributed by atoms with van der Waals surface area (Å²) in [5, 5.41) is 16.5. The SMILES string of the molecule is CC(C)n1ncnc1CNC(C)(C)CO. The number of nitrogens with zero attached hydrogens (tertiary/aromatic N) is 3. The topological polar surface area (TPSA) is 63.0 Å². The van der Waals surface area contributed by atoms with E-state index >= 15 is 0 Å². The first-order valence-electron chi connectivity index (χ1n) is 5.20. The van der Waals surface area contributed by atoms with Gasteiger partial charge in [-0.25, -0.2) is 9.67 Å². The summed E-state index contributed by atoms with van der Waals surface area (Å²) < 4.78 is 1.88. The molecule has 0 saturated heterocycles. The van der Waals surface area contributed by atoms with E-state index in [0.717, 1.165) is 5.82 Å². The van der Waals surface area contributed by atoms with Crippen molar-refractivity contribution in [2.24, 2.45) is 0 Å². The lowest BCUT2D eigenvalue weighted by atomic mass is 10.1. The van der Waals surface area contributed by atoms with E-state index in [1.54, 1.807) is 6.33 Å². The van der Waals surface area contributed by atoms with E-state index in [2.05, 4.69) is 29.2 Å². The first-order valence-corrected chi connectivity index (χ1v) is 5.20. The summed E-state index contributed by atoms with van der Waals surface area (Å²) in [4.78, 5) is 4.18. The Balaban J connectivity index is 2.61. The summed E-state index contributed by atoms with van der Waals surface area (Å²) in [6.07, 6.45) is 1.56. The van der Waals surface area contributed by atoms with E-state index in [1.165, 1.54) is 0 Å². The molecule has 1 aromatic heterocycles. The van der Waals surface area contributed by atoms with Crippen LogP contribution in [0.3, 0.4) is 0 Å². The first kappa shape index (κ1) is 12.1. The molecule has 15 heavy (non-hydrogen) atoms. The van der Waals surface area contributed by atoms with Crippen LogP contribution in [0.5, 0.6) is 0 Å². The molecule has 86 valence electrons. The predicted molar refractivity (Wildman–Crippen MR) is 58.4 cm³/mol. The Morgan fingerprint density at radius 2 is 2.20 bits per heavy atom. The Hall–Kier alpha value is -0.940. The van der Waals surface area contributed by atoms with Gasteiger partial charge in [-0.15, -0.1) is 0 Å². The monoisotopic (exact) mass is 212 g/mol. The second-order valence-corrected chi connectivity index (χ2v) is 4.61. The average molecular weight is 212 g/mol. The maximum absolute atomic E-state index is 9.10. The van der Waals surface area contributed by atoms with Crippen LogP contribution >= 0.6 is 0 Å². The zero-order chi connectivity index (χ0) is 11.5. The highest BCUT2D eigenvalue weighted by Crippen LogP contribution is 2.07. The Morgan fingerprint density at radius 3 is 2.73 bits per heavy atom. The van der Waals surface area contributed by atoms with E-state index in [0.29, 0.717) is 12.6 Å². The van der Waals surface area contributed by atoms with Gasteiger partial charge >= 0.3 is 0 Å². The summed E-state index contributed by atoms with van der Waals surface area (Å²) in [5.41, 5.74) is -0.284. The van der Waals surface area contributed by atoms with Gasteiger partial charge in [-0.1, -0.05) is 0 Å². The van der Waals surface area contributed by atoms with Crippen molar-refractivity contribution in [2.75, 3.05) is 6.61 Å². The molecule has 0 atom stereocenters. The molecule has 1 heterocycles. The van der Waals surface area contributed by atoms with Crippen LogP contribution in [0.1, 0.15) is 39.6 Å². The molecular formula is C10H20N4O. The minimum atomic E-state index is -0.284. The van der Waals surface area contributed by atoms with Crippen LogP contribution in [0, 0.1) is 0 Å². The van der Waals surface area contributed by atoms with Gasteiger partial charge in [-0.2, -0.15) is 5.10 Å². The highest BCUT2D eigenvalue weighted by atomic mass is 16.3. The van der Waals surface area contributed by atoms with Crippen LogP contribution in [0.4, 0.5) is 0 Å². The Bertz CT molecular complexity index is 306. The number of hydrogen-bond donors (Lipinski definition) is 2. The summed E-state index contributed by atoms with van der Waals surface area (Å²) in [6, 6.07) is 0.307. The zero-order valence-corrected chi connectivity index (χ0v) is 9.86. The fraction of sp³-hybridized carbons (Fsp3) is 0.800. The van der Waals surface area contributed by atoms with E-state index in [1.807, 2.05) is 18.5 Å². The first-order chi connectivity index (χ1) is 6.96. The van der Waals surface area contributed by atoms with Crippen molar-refractivity contribution in [2.45, 2.75) is 45.8 Å². The maximum Gasteiger partial charge on any atom is 0.141 e. The molecule has 0 aliphatic rings. The molecule has 0 amide bonds. The Labute approximate surface area is 90.5 Å². The lowest BCUT2D eigenvalue weighted by Gasteiger charge is -2.23. The number of aliphatic hydroxyl groups excluding tert-OH is 1. The fourth-order valence-corrected chi connectivity index (χ4v) is 1.21. The molecule has 0 aliphatic heterocycles. The molecule has 0 fully saturated rings. The quantitative estimate of drug-likeness (QED) is 0.755. The molecule has 0 aliphatic carbocycles. The molecule has 0 radical (unpaired) electrons. The molecule has 1 rings (SSSR count). The van der Waals surface area contributed by atoms with Crippen LogP contribution < -0.4 is 5.32 Å². The van der Waals surface area contributed by atoms with Crippen LogP contribution in [0.2, 0.25) is 0 Å². The predicted octanol–water partition coefficient (Wildman–Crippen LogP) is 0.720. The van der Waals surface area contributed by atoms with Crippen molar-refractivity contribution in [3.63, 3.8) is 0 Å². The molecule has 0 aromatic carbocycles. The van der Waals surface area contributed by atoms with E-state index in [4.69, 9.17) is 5.11 Å². The van der Waals surface area contributed by atoms with Crippen LogP contribution in [-0.2, 0) is 6.54 Å².